The summed E-state index contributed by atoms with van der Waals surface area (Å²) in [5, 5.41) is 3.01. The van der Waals surface area contributed by atoms with Crippen LogP contribution >= 0.6 is 0 Å². The lowest BCUT2D eigenvalue weighted by Crippen LogP contribution is -2.32. The van der Waals surface area contributed by atoms with E-state index in [9.17, 15) is 8.42 Å². The average molecular weight is 249 g/mol. The minimum atomic E-state index is -2.88. The lowest BCUT2D eigenvalue weighted by molar-refractivity contribution is 0.497. The van der Waals surface area contributed by atoms with Crippen molar-refractivity contribution in [1.29, 1.82) is 0 Å². The van der Waals surface area contributed by atoms with Gasteiger partial charge in [0, 0.05) is 12.6 Å². The molecule has 0 spiro atoms. The van der Waals surface area contributed by atoms with Crippen molar-refractivity contribution in [3.05, 3.63) is 0 Å². The summed E-state index contributed by atoms with van der Waals surface area (Å²) in [6.45, 7) is 8.36. The van der Waals surface area contributed by atoms with E-state index in [4.69, 9.17) is 0 Å². The second-order valence-electron chi connectivity index (χ2n) is 4.77. The fourth-order valence-corrected chi connectivity index (χ4v) is 2.36. The summed E-state index contributed by atoms with van der Waals surface area (Å²) in [5.41, 5.74) is 0. The highest BCUT2D eigenvalue weighted by Crippen LogP contribution is 2.03. The van der Waals surface area contributed by atoms with E-state index in [2.05, 4.69) is 19.2 Å². The van der Waals surface area contributed by atoms with Crippen LogP contribution < -0.4 is 5.32 Å². The first kappa shape index (κ1) is 15.9. The molecule has 0 rings (SSSR count). The molecule has 0 aromatic carbocycles. The molecule has 0 saturated heterocycles. The molecular weight excluding hydrogens is 222 g/mol. The van der Waals surface area contributed by atoms with Crippen LogP contribution in [0.4, 0.5) is 0 Å². The van der Waals surface area contributed by atoms with Gasteiger partial charge in [0.15, 0.2) is 9.84 Å². The number of rotatable bonds is 9. The van der Waals surface area contributed by atoms with Crippen LogP contribution in [-0.4, -0.2) is 32.0 Å². The third kappa shape index (κ3) is 7.23. The second kappa shape index (κ2) is 8.07. The van der Waals surface area contributed by atoms with E-state index in [1.807, 2.05) is 0 Å². The Morgan fingerprint density at radius 3 is 2.25 bits per heavy atom. The van der Waals surface area contributed by atoms with Gasteiger partial charge in [0.1, 0.15) is 0 Å². The molecule has 0 aliphatic carbocycles. The molecule has 0 bridgehead atoms. The van der Waals surface area contributed by atoms with E-state index in [1.54, 1.807) is 13.8 Å². The van der Waals surface area contributed by atoms with Crippen LogP contribution in [-0.2, 0) is 9.84 Å². The highest BCUT2D eigenvalue weighted by molar-refractivity contribution is 7.92. The number of hydrogen-bond donors (Lipinski definition) is 1. The van der Waals surface area contributed by atoms with Gasteiger partial charge in [0.2, 0.25) is 0 Å². The Morgan fingerprint density at radius 1 is 1.12 bits per heavy atom. The van der Waals surface area contributed by atoms with E-state index >= 15 is 0 Å². The van der Waals surface area contributed by atoms with Gasteiger partial charge in [-0.05, 0) is 27.2 Å². The van der Waals surface area contributed by atoms with Crippen LogP contribution in [0.1, 0.15) is 53.4 Å². The summed E-state index contributed by atoms with van der Waals surface area (Å²) in [6, 6.07) is 0.425. The highest BCUT2D eigenvalue weighted by atomic mass is 32.2. The van der Waals surface area contributed by atoms with Gasteiger partial charge in [-0.2, -0.15) is 0 Å². The molecule has 0 heterocycles. The van der Waals surface area contributed by atoms with Crippen molar-refractivity contribution >= 4 is 9.84 Å². The molecule has 98 valence electrons. The SMILES string of the molecule is CCCCCC(C)NCCS(=O)(=O)C(C)C. The Labute approximate surface area is 101 Å². The topological polar surface area (TPSA) is 46.2 Å². The largest absolute Gasteiger partial charge is 0.313 e. The van der Waals surface area contributed by atoms with Gasteiger partial charge >= 0.3 is 0 Å². The van der Waals surface area contributed by atoms with Gasteiger partial charge in [-0.1, -0.05) is 26.2 Å². The first-order valence-electron chi connectivity index (χ1n) is 6.35. The third-order valence-corrected chi connectivity index (χ3v) is 5.05. The van der Waals surface area contributed by atoms with Crippen molar-refractivity contribution in [3.8, 4) is 0 Å². The van der Waals surface area contributed by atoms with Crippen LogP contribution in [0.15, 0.2) is 0 Å². The zero-order valence-corrected chi connectivity index (χ0v) is 11.9. The van der Waals surface area contributed by atoms with Crippen molar-refractivity contribution in [2.24, 2.45) is 0 Å². The fourth-order valence-electron chi connectivity index (χ4n) is 1.49. The van der Waals surface area contributed by atoms with Crippen molar-refractivity contribution in [1.82, 2.24) is 5.32 Å². The predicted octanol–water partition coefficient (Wildman–Crippen LogP) is 2.37. The number of unbranched alkanes of at least 4 members (excludes halogenated alkanes) is 2. The van der Waals surface area contributed by atoms with Crippen LogP contribution in [0.2, 0.25) is 0 Å². The summed E-state index contributed by atoms with van der Waals surface area (Å²) >= 11 is 0. The van der Waals surface area contributed by atoms with Gasteiger partial charge in [-0.25, -0.2) is 8.42 Å². The van der Waals surface area contributed by atoms with E-state index in [0.717, 1.165) is 6.42 Å². The number of sulfone groups is 1. The maximum atomic E-state index is 11.5. The zero-order chi connectivity index (χ0) is 12.6. The maximum Gasteiger partial charge on any atom is 0.153 e. The minimum absolute atomic E-state index is 0.253. The minimum Gasteiger partial charge on any atom is -0.313 e. The van der Waals surface area contributed by atoms with E-state index < -0.39 is 9.84 Å². The normalized spacial score (nSPS) is 14.3. The third-order valence-electron chi connectivity index (χ3n) is 2.84. The van der Waals surface area contributed by atoms with Gasteiger partial charge in [0.25, 0.3) is 0 Å². The van der Waals surface area contributed by atoms with E-state index in [1.165, 1.54) is 19.3 Å². The zero-order valence-electron chi connectivity index (χ0n) is 11.1. The molecule has 3 nitrogen and oxygen atoms in total. The number of hydrogen-bond acceptors (Lipinski definition) is 3. The highest BCUT2D eigenvalue weighted by Gasteiger charge is 2.15. The fraction of sp³-hybridized carbons (Fsp3) is 1.00. The average Bonchev–Trinajstić information content (AvgIpc) is 2.17. The van der Waals surface area contributed by atoms with E-state index in [0.29, 0.717) is 12.6 Å². The monoisotopic (exact) mass is 249 g/mol. The molecule has 0 aliphatic heterocycles. The summed E-state index contributed by atoms with van der Waals surface area (Å²) in [5.74, 6) is 0.253. The lowest BCUT2D eigenvalue weighted by atomic mass is 10.1. The van der Waals surface area contributed by atoms with Crippen molar-refractivity contribution in [2.75, 3.05) is 12.3 Å². The molecule has 1 N–H and O–H groups in total. The molecule has 4 heteroatoms. The lowest BCUT2D eigenvalue weighted by Gasteiger charge is -2.14. The van der Waals surface area contributed by atoms with Crippen LogP contribution in [0, 0.1) is 0 Å². The summed E-state index contributed by atoms with van der Waals surface area (Å²) in [6.07, 6.45) is 4.85. The molecule has 0 saturated carbocycles. The Morgan fingerprint density at radius 2 is 1.75 bits per heavy atom. The van der Waals surface area contributed by atoms with Crippen LogP contribution in [0.25, 0.3) is 0 Å². The molecule has 0 aromatic heterocycles. The van der Waals surface area contributed by atoms with Gasteiger partial charge in [-0.3, -0.25) is 0 Å². The smallest absolute Gasteiger partial charge is 0.153 e. The van der Waals surface area contributed by atoms with Crippen molar-refractivity contribution < 1.29 is 8.42 Å². The van der Waals surface area contributed by atoms with Crippen molar-refractivity contribution in [2.45, 2.75) is 64.7 Å². The number of nitrogens with one attached hydrogen (secondary N) is 1. The maximum absolute atomic E-state index is 11.5. The molecule has 0 aromatic rings. The summed E-state index contributed by atoms with van der Waals surface area (Å²) in [4.78, 5) is 0. The van der Waals surface area contributed by atoms with Gasteiger partial charge in [-0.15, -0.1) is 0 Å². The summed E-state index contributed by atoms with van der Waals surface area (Å²) < 4.78 is 23.1. The quantitative estimate of drug-likeness (QED) is 0.638. The molecule has 0 fully saturated rings. The first-order valence-corrected chi connectivity index (χ1v) is 8.06. The standard InChI is InChI=1S/C12H27NO2S/c1-5-6-7-8-12(4)13-9-10-16(14,15)11(2)3/h11-13H,5-10H2,1-4H3. The summed E-state index contributed by atoms with van der Waals surface area (Å²) in [7, 11) is -2.88. The Kier molecular flexibility index (Phi) is 8.02. The van der Waals surface area contributed by atoms with Crippen LogP contribution in [0.3, 0.4) is 0 Å². The molecule has 0 radical (unpaired) electrons. The van der Waals surface area contributed by atoms with Crippen LogP contribution in [0.5, 0.6) is 0 Å². The van der Waals surface area contributed by atoms with E-state index in [-0.39, 0.29) is 11.0 Å². The Hall–Kier alpha value is -0.0900. The first-order chi connectivity index (χ1) is 7.40. The Balaban J connectivity index is 3.66. The predicted molar refractivity (Wildman–Crippen MR) is 70.5 cm³/mol. The van der Waals surface area contributed by atoms with Gasteiger partial charge in [0.05, 0.1) is 11.0 Å². The molecule has 16 heavy (non-hydrogen) atoms. The molecule has 1 unspecified atom stereocenters. The van der Waals surface area contributed by atoms with Gasteiger partial charge < -0.3 is 5.32 Å². The molecule has 0 amide bonds. The van der Waals surface area contributed by atoms with Crippen molar-refractivity contribution in [3.63, 3.8) is 0 Å². The Bertz CT molecular complexity index is 260. The molecular formula is C12H27NO2S. The molecule has 0 aliphatic rings. The second-order valence-corrected chi connectivity index (χ2v) is 7.44. The molecule has 1 atom stereocenters.